The number of nitrogens with zero attached hydrogens (tertiary/aromatic N) is 1. The van der Waals surface area contributed by atoms with E-state index in [1.807, 2.05) is 13.1 Å². The summed E-state index contributed by atoms with van der Waals surface area (Å²) < 4.78 is 0. The van der Waals surface area contributed by atoms with E-state index in [4.69, 9.17) is 5.73 Å². The Hall–Kier alpha value is -1.39. The standard InChI is InChI=1S/C14H22N4/c1-9(2)11(7-16-3)14(15)10-4-5-12-13(6-10)18-8-17-12/h4-6,8-9,11,14,16H,7,15H2,1-3H3,(H,17,18). The lowest BCUT2D eigenvalue weighted by atomic mass is 9.85. The molecule has 2 rings (SSSR count). The largest absolute Gasteiger partial charge is 0.345 e. The molecule has 0 fully saturated rings. The van der Waals surface area contributed by atoms with Crippen LogP contribution in [-0.4, -0.2) is 23.6 Å². The first kappa shape index (κ1) is 13.1. The van der Waals surface area contributed by atoms with Crippen molar-refractivity contribution >= 4 is 11.0 Å². The van der Waals surface area contributed by atoms with Crippen molar-refractivity contribution in [3.05, 3.63) is 30.1 Å². The number of H-pyrrole nitrogens is 1. The second kappa shape index (κ2) is 5.50. The van der Waals surface area contributed by atoms with E-state index in [1.54, 1.807) is 6.33 Å². The van der Waals surface area contributed by atoms with Gasteiger partial charge in [0.1, 0.15) is 0 Å². The number of imidazole rings is 1. The molecule has 2 aromatic rings. The fourth-order valence-electron chi connectivity index (χ4n) is 2.42. The number of rotatable bonds is 5. The normalized spacial score (nSPS) is 15.2. The Morgan fingerprint density at radius 2 is 2.17 bits per heavy atom. The molecule has 98 valence electrons. The molecule has 0 saturated heterocycles. The van der Waals surface area contributed by atoms with Gasteiger partial charge in [-0.1, -0.05) is 19.9 Å². The lowest BCUT2D eigenvalue weighted by molar-refractivity contribution is 0.314. The van der Waals surface area contributed by atoms with Crippen LogP contribution in [0.1, 0.15) is 25.5 Å². The third-order valence-corrected chi connectivity index (χ3v) is 3.59. The van der Waals surface area contributed by atoms with E-state index in [0.717, 1.165) is 17.6 Å². The minimum absolute atomic E-state index is 0.0464. The molecule has 1 aromatic carbocycles. The van der Waals surface area contributed by atoms with Crippen LogP contribution in [0.25, 0.3) is 11.0 Å². The van der Waals surface area contributed by atoms with Gasteiger partial charge >= 0.3 is 0 Å². The summed E-state index contributed by atoms with van der Waals surface area (Å²) in [5.41, 5.74) is 9.62. The summed E-state index contributed by atoms with van der Waals surface area (Å²) in [7, 11) is 1.97. The zero-order chi connectivity index (χ0) is 13.1. The molecule has 1 aromatic heterocycles. The maximum atomic E-state index is 6.41. The van der Waals surface area contributed by atoms with Crippen molar-refractivity contribution in [1.82, 2.24) is 15.3 Å². The molecule has 1 heterocycles. The van der Waals surface area contributed by atoms with Crippen LogP contribution in [0.5, 0.6) is 0 Å². The van der Waals surface area contributed by atoms with Crippen molar-refractivity contribution in [2.45, 2.75) is 19.9 Å². The van der Waals surface area contributed by atoms with E-state index in [2.05, 4.69) is 41.3 Å². The highest BCUT2D eigenvalue weighted by atomic mass is 14.9. The summed E-state index contributed by atoms with van der Waals surface area (Å²) in [5.74, 6) is 0.972. The number of nitrogens with one attached hydrogen (secondary N) is 2. The van der Waals surface area contributed by atoms with Gasteiger partial charge in [0.2, 0.25) is 0 Å². The van der Waals surface area contributed by atoms with Crippen LogP contribution in [0.2, 0.25) is 0 Å². The summed E-state index contributed by atoms with van der Waals surface area (Å²) in [6, 6.07) is 6.26. The van der Waals surface area contributed by atoms with Gasteiger partial charge in [-0.05, 0) is 43.1 Å². The Labute approximate surface area is 108 Å². The number of benzene rings is 1. The topological polar surface area (TPSA) is 66.7 Å². The van der Waals surface area contributed by atoms with E-state index in [9.17, 15) is 0 Å². The highest BCUT2D eigenvalue weighted by Gasteiger charge is 2.22. The minimum atomic E-state index is 0.0464. The SMILES string of the molecule is CNCC(C(C)C)C(N)c1ccc2nc[nH]c2c1. The first-order valence-electron chi connectivity index (χ1n) is 6.46. The van der Waals surface area contributed by atoms with Crippen LogP contribution in [0.3, 0.4) is 0 Å². The maximum absolute atomic E-state index is 6.41. The average molecular weight is 246 g/mol. The average Bonchev–Trinajstić information content (AvgIpc) is 2.81. The number of hydrogen-bond donors (Lipinski definition) is 3. The lowest BCUT2D eigenvalue weighted by Gasteiger charge is -2.27. The quantitative estimate of drug-likeness (QED) is 0.756. The smallest absolute Gasteiger partial charge is 0.0931 e. The lowest BCUT2D eigenvalue weighted by Crippen LogP contribution is -2.33. The highest BCUT2D eigenvalue weighted by molar-refractivity contribution is 5.75. The summed E-state index contributed by atoms with van der Waals surface area (Å²) in [6.45, 7) is 5.37. The van der Waals surface area contributed by atoms with Crippen molar-refractivity contribution in [2.24, 2.45) is 17.6 Å². The Morgan fingerprint density at radius 1 is 1.39 bits per heavy atom. The van der Waals surface area contributed by atoms with Crippen LogP contribution in [0, 0.1) is 11.8 Å². The van der Waals surface area contributed by atoms with Crippen LogP contribution < -0.4 is 11.1 Å². The van der Waals surface area contributed by atoms with Crippen molar-refractivity contribution in [2.75, 3.05) is 13.6 Å². The number of nitrogens with two attached hydrogens (primary N) is 1. The molecule has 0 saturated carbocycles. The number of fused-ring (bicyclic) bond motifs is 1. The van der Waals surface area contributed by atoms with Crippen LogP contribution in [-0.2, 0) is 0 Å². The molecule has 0 aliphatic rings. The molecule has 0 bridgehead atoms. The molecule has 0 radical (unpaired) electrons. The van der Waals surface area contributed by atoms with Gasteiger partial charge in [0.05, 0.1) is 17.4 Å². The molecule has 0 aliphatic heterocycles. The van der Waals surface area contributed by atoms with E-state index in [0.29, 0.717) is 11.8 Å². The first-order valence-corrected chi connectivity index (χ1v) is 6.46. The van der Waals surface area contributed by atoms with Crippen molar-refractivity contribution in [1.29, 1.82) is 0 Å². The second-order valence-electron chi connectivity index (χ2n) is 5.17. The maximum Gasteiger partial charge on any atom is 0.0931 e. The second-order valence-corrected chi connectivity index (χ2v) is 5.17. The third kappa shape index (κ3) is 2.54. The fourth-order valence-corrected chi connectivity index (χ4v) is 2.42. The molecule has 4 N–H and O–H groups in total. The summed E-state index contributed by atoms with van der Waals surface area (Å²) in [4.78, 5) is 7.36. The molecule has 0 amide bonds. The molecular formula is C14H22N4. The summed E-state index contributed by atoms with van der Waals surface area (Å²) >= 11 is 0. The van der Waals surface area contributed by atoms with Crippen molar-refractivity contribution < 1.29 is 0 Å². The van der Waals surface area contributed by atoms with Crippen LogP contribution in [0.15, 0.2) is 24.5 Å². The molecule has 0 aliphatic carbocycles. The van der Waals surface area contributed by atoms with Gasteiger partial charge in [0.15, 0.2) is 0 Å². The van der Waals surface area contributed by atoms with Crippen LogP contribution >= 0.6 is 0 Å². The van der Waals surface area contributed by atoms with Crippen molar-refractivity contribution in [3.8, 4) is 0 Å². The van der Waals surface area contributed by atoms with Gasteiger partial charge in [-0.25, -0.2) is 4.98 Å². The summed E-state index contributed by atoms with van der Waals surface area (Å²) in [5, 5.41) is 3.23. The zero-order valence-corrected chi connectivity index (χ0v) is 11.3. The predicted molar refractivity (Wildman–Crippen MR) is 75.3 cm³/mol. The fraction of sp³-hybridized carbons (Fsp3) is 0.500. The third-order valence-electron chi connectivity index (χ3n) is 3.59. The molecular weight excluding hydrogens is 224 g/mol. The van der Waals surface area contributed by atoms with Gasteiger partial charge in [0, 0.05) is 6.04 Å². The van der Waals surface area contributed by atoms with E-state index < -0.39 is 0 Å². The van der Waals surface area contributed by atoms with Gasteiger partial charge in [-0.2, -0.15) is 0 Å². The molecule has 18 heavy (non-hydrogen) atoms. The molecule has 0 spiro atoms. The van der Waals surface area contributed by atoms with Gasteiger partial charge < -0.3 is 16.0 Å². The Bertz CT molecular complexity index is 503. The van der Waals surface area contributed by atoms with Gasteiger partial charge in [0.25, 0.3) is 0 Å². The number of hydrogen-bond acceptors (Lipinski definition) is 3. The van der Waals surface area contributed by atoms with Gasteiger partial charge in [-0.15, -0.1) is 0 Å². The molecule has 2 atom stereocenters. The molecule has 2 unspecified atom stereocenters. The van der Waals surface area contributed by atoms with E-state index in [-0.39, 0.29) is 6.04 Å². The minimum Gasteiger partial charge on any atom is -0.345 e. The number of aromatic amines is 1. The van der Waals surface area contributed by atoms with E-state index >= 15 is 0 Å². The van der Waals surface area contributed by atoms with Crippen LogP contribution in [0.4, 0.5) is 0 Å². The first-order chi connectivity index (χ1) is 8.63. The Balaban J connectivity index is 2.27. The zero-order valence-electron chi connectivity index (χ0n) is 11.3. The predicted octanol–water partition coefficient (Wildman–Crippen LogP) is 2.05. The van der Waals surface area contributed by atoms with Gasteiger partial charge in [-0.3, -0.25) is 0 Å². The molecule has 4 heteroatoms. The highest BCUT2D eigenvalue weighted by Crippen LogP contribution is 2.27. The van der Waals surface area contributed by atoms with E-state index in [1.165, 1.54) is 5.56 Å². The Morgan fingerprint density at radius 3 is 2.83 bits per heavy atom. The van der Waals surface area contributed by atoms with Crippen molar-refractivity contribution in [3.63, 3.8) is 0 Å². The monoisotopic (exact) mass is 246 g/mol. The molecule has 4 nitrogen and oxygen atoms in total. The Kier molecular flexibility index (Phi) is 3.99. The summed E-state index contributed by atoms with van der Waals surface area (Å²) in [6.07, 6.45) is 1.72. The number of aromatic nitrogens is 2.